The van der Waals surface area contributed by atoms with Crippen molar-refractivity contribution < 1.29 is 14.7 Å². The Morgan fingerprint density at radius 3 is 2.63 bits per heavy atom. The molecule has 0 saturated heterocycles. The van der Waals surface area contributed by atoms with E-state index in [1.54, 1.807) is 17.9 Å². The molecule has 19 heavy (non-hydrogen) atoms. The van der Waals surface area contributed by atoms with Crippen LogP contribution in [0.2, 0.25) is 0 Å². The van der Waals surface area contributed by atoms with Gasteiger partial charge in [0.2, 0.25) is 0 Å². The Hall–Kier alpha value is -1.78. The summed E-state index contributed by atoms with van der Waals surface area (Å²) >= 11 is 0. The zero-order valence-electron chi connectivity index (χ0n) is 11.8. The van der Waals surface area contributed by atoms with Crippen LogP contribution in [0.4, 0.5) is 0 Å². The zero-order chi connectivity index (χ0) is 14.4. The summed E-state index contributed by atoms with van der Waals surface area (Å²) in [6.07, 6.45) is 2.80. The van der Waals surface area contributed by atoms with E-state index in [4.69, 9.17) is 5.11 Å². The molecule has 0 saturated carbocycles. The van der Waals surface area contributed by atoms with E-state index in [0.717, 1.165) is 13.0 Å². The van der Waals surface area contributed by atoms with Crippen LogP contribution in [0.3, 0.4) is 0 Å². The molecule has 5 nitrogen and oxygen atoms in total. The summed E-state index contributed by atoms with van der Waals surface area (Å²) in [6, 6.07) is 3.33. The van der Waals surface area contributed by atoms with Gasteiger partial charge in [-0.3, -0.25) is 9.59 Å². The molecule has 1 aromatic heterocycles. The van der Waals surface area contributed by atoms with Crippen LogP contribution in [0.15, 0.2) is 18.3 Å². The first-order chi connectivity index (χ1) is 9.01. The molecule has 106 valence electrons. The first-order valence-electron chi connectivity index (χ1n) is 6.69. The smallest absolute Gasteiger partial charge is 0.305 e. The van der Waals surface area contributed by atoms with Crippen molar-refractivity contribution in [3.63, 3.8) is 0 Å². The van der Waals surface area contributed by atoms with Crippen LogP contribution in [-0.4, -0.2) is 39.0 Å². The maximum Gasteiger partial charge on any atom is 0.305 e. The Kier molecular flexibility index (Phi) is 5.60. The normalized spacial score (nSPS) is 12.2. The third kappa shape index (κ3) is 3.84. The summed E-state index contributed by atoms with van der Waals surface area (Å²) in [5.41, 5.74) is 0.626. The van der Waals surface area contributed by atoms with Crippen molar-refractivity contribution in [3.05, 3.63) is 24.0 Å². The highest BCUT2D eigenvalue weighted by Crippen LogP contribution is 2.12. The van der Waals surface area contributed by atoms with Gasteiger partial charge in [-0.1, -0.05) is 6.92 Å². The van der Waals surface area contributed by atoms with Crippen LogP contribution in [0.25, 0.3) is 0 Å². The van der Waals surface area contributed by atoms with E-state index in [2.05, 4.69) is 6.92 Å². The number of aliphatic carboxylic acids is 1. The number of nitrogens with zero attached hydrogens (tertiary/aromatic N) is 2. The van der Waals surface area contributed by atoms with Crippen molar-refractivity contribution in [1.82, 2.24) is 9.47 Å². The van der Waals surface area contributed by atoms with Crippen molar-refractivity contribution >= 4 is 11.9 Å². The number of aryl methyl sites for hydroxylation is 1. The average molecular weight is 266 g/mol. The van der Waals surface area contributed by atoms with Crippen LogP contribution in [0.5, 0.6) is 0 Å². The Morgan fingerprint density at radius 2 is 2.11 bits per heavy atom. The van der Waals surface area contributed by atoms with Crippen molar-refractivity contribution in [1.29, 1.82) is 0 Å². The minimum Gasteiger partial charge on any atom is -0.481 e. The summed E-state index contributed by atoms with van der Waals surface area (Å²) < 4.78 is 1.92. The standard InChI is InChI=1S/C14H22N2O3/c1-4-8-15-9-6-7-12(15)14(19)16(5-2)11(3)10-13(17)18/h6-7,9,11H,4-5,8,10H2,1-3H3,(H,17,18). The molecule has 1 aromatic rings. The minimum atomic E-state index is -0.886. The zero-order valence-corrected chi connectivity index (χ0v) is 11.8. The molecule has 1 rings (SSSR count). The lowest BCUT2D eigenvalue weighted by molar-refractivity contribution is -0.138. The molecule has 0 spiro atoms. The summed E-state index contributed by atoms with van der Waals surface area (Å²) in [5, 5.41) is 8.84. The van der Waals surface area contributed by atoms with Gasteiger partial charge in [0.05, 0.1) is 6.42 Å². The number of amides is 1. The third-order valence-electron chi connectivity index (χ3n) is 3.12. The monoisotopic (exact) mass is 266 g/mol. The number of carboxylic acid groups (broad SMARTS) is 1. The van der Waals surface area contributed by atoms with E-state index >= 15 is 0 Å². The molecule has 1 amide bonds. The number of rotatable bonds is 7. The van der Waals surface area contributed by atoms with Gasteiger partial charge in [-0.15, -0.1) is 0 Å². The van der Waals surface area contributed by atoms with Crippen LogP contribution in [0.1, 0.15) is 44.1 Å². The first-order valence-corrected chi connectivity index (χ1v) is 6.69. The molecule has 0 aliphatic rings. The van der Waals surface area contributed by atoms with Gasteiger partial charge < -0.3 is 14.6 Å². The number of aromatic nitrogens is 1. The number of hydrogen-bond donors (Lipinski definition) is 1. The van der Waals surface area contributed by atoms with Crippen molar-refractivity contribution in [2.45, 2.75) is 46.2 Å². The molecule has 0 aromatic carbocycles. The minimum absolute atomic E-state index is 0.0337. The number of carbonyl (C=O) groups excluding carboxylic acids is 1. The van der Waals surface area contributed by atoms with Gasteiger partial charge in [-0.25, -0.2) is 0 Å². The highest BCUT2D eigenvalue weighted by atomic mass is 16.4. The fraction of sp³-hybridized carbons (Fsp3) is 0.571. The van der Waals surface area contributed by atoms with Crippen LogP contribution >= 0.6 is 0 Å². The largest absolute Gasteiger partial charge is 0.481 e. The molecule has 1 unspecified atom stereocenters. The molecular weight excluding hydrogens is 244 g/mol. The molecule has 0 aliphatic carbocycles. The second-order valence-electron chi connectivity index (χ2n) is 4.62. The van der Waals surface area contributed by atoms with Crippen molar-refractivity contribution in [2.75, 3.05) is 6.54 Å². The molecule has 0 radical (unpaired) electrons. The fourth-order valence-electron chi connectivity index (χ4n) is 2.21. The molecule has 0 fully saturated rings. The highest BCUT2D eigenvalue weighted by Gasteiger charge is 2.23. The van der Waals surface area contributed by atoms with Gasteiger partial charge in [-0.2, -0.15) is 0 Å². The van der Waals surface area contributed by atoms with Crippen LogP contribution in [-0.2, 0) is 11.3 Å². The maximum absolute atomic E-state index is 12.5. The van der Waals surface area contributed by atoms with Gasteiger partial charge in [0.15, 0.2) is 0 Å². The lowest BCUT2D eigenvalue weighted by Gasteiger charge is -2.27. The third-order valence-corrected chi connectivity index (χ3v) is 3.12. The van der Waals surface area contributed by atoms with Crippen molar-refractivity contribution in [2.24, 2.45) is 0 Å². The lowest BCUT2D eigenvalue weighted by atomic mass is 10.2. The Morgan fingerprint density at radius 1 is 1.42 bits per heavy atom. The van der Waals surface area contributed by atoms with E-state index in [9.17, 15) is 9.59 Å². The molecular formula is C14H22N2O3. The maximum atomic E-state index is 12.5. The summed E-state index contributed by atoms with van der Waals surface area (Å²) in [4.78, 5) is 24.8. The number of carbonyl (C=O) groups is 2. The molecule has 1 heterocycles. The first kappa shape index (κ1) is 15.3. The quantitative estimate of drug-likeness (QED) is 0.823. The van der Waals surface area contributed by atoms with Gasteiger partial charge in [0.25, 0.3) is 5.91 Å². The topological polar surface area (TPSA) is 62.5 Å². The predicted molar refractivity (Wildman–Crippen MR) is 73.1 cm³/mol. The summed E-state index contributed by atoms with van der Waals surface area (Å²) in [6.45, 7) is 6.98. The molecule has 0 bridgehead atoms. The molecule has 0 aliphatic heterocycles. The van der Waals surface area contributed by atoms with Gasteiger partial charge >= 0.3 is 5.97 Å². The number of carboxylic acids is 1. The fourth-order valence-corrected chi connectivity index (χ4v) is 2.21. The summed E-state index contributed by atoms with van der Waals surface area (Å²) in [5.74, 6) is -0.989. The van der Waals surface area contributed by atoms with Gasteiger partial charge in [0, 0.05) is 25.3 Å². The SMILES string of the molecule is CCCn1cccc1C(=O)N(CC)C(C)CC(=O)O. The molecule has 1 atom stereocenters. The second kappa shape index (κ2) is 6.97. The Balaban J connectivity index is 2.88. The highest BCUT2D eigenvalue weighted by molar-refractivity contribution is 5.93. The van der Waals surface area contributed by atoms with Crippen LogP contribution in [0, 0.1) is 0 Å². The average Bonchev–Trinajstić information content (AvgIpc) is 2.77. The van der Waals surface area contributed by atoms with Gasteiger partial charge in [-0.05, 0) is 32.4 Å². The Bertz CT molecular complexity index is 440. The van der Waals surface area contributed by atoms with Gasteiger partial charge in [0.1, 0.15) is 5.69 Å². The molecule has 5 heteroatoms. The Labute approximate surface area is 113 Å². The predicted octanol–water partition coefficient (Wildman–Crippen LogP) is 2.22. The van der Waals surface area contributed by atoms with E-state index in [1.807, 2.05) is 23.8 Å². The van der Waals surface area contributed by atoms with E-state index in [0.29, 0.717) is 12.2 Å². The molecule has 1 N–H and O–H groups in total. The second-order valence-corrected chi connectivity index (χ2v) is 4.62. The van der Waals surface area contributed by atoms with Crippen LogP contribution < -0.4 is 0 Å². The lowest BCUT2D eigenvalue weighted by Crippen LogP contribution is -2.40. The number of hydrogen-bond acceptors (Lipinski definition) is 2. The van der Waals surface area contributed by atoms with Crippen molar-refractivity contribution in [3.8, 4) is 0 Å². The van der Waals surface area contributed by atoms with E-state index in [-0.39, 0.29) is 18.4 Å². The van der Waals surface area contributed by atoms with E-state index < -0.39 is 5.97 Å². The summed E-state index contributed by atoms with van der Waals surface area (Å²) in [7, 11) is 0. The van der Waals surface area contributed by atoms with E-state index in [1.165, 1.54) is 0 Å².